The van der Waals surface area contributed by atoms with Crippen molar-refractivity contribution in [2.75, 3.05) is 21.3 Å². The van der Waals surface area contributed by atoms with E-state index in [1.807, 2.05) is 38.1 Å². The van der Waals surface area contributed by atoms with Gasteiger partial charge in [-0.3, -0.25) is 4.99 Å². The van der Waals surface area contributed by atoms with Gasteiger partial charge in [0.15, 0.2) is 5.96 Å². The maximum Gasteiger partial charge on any atom is 0.191 e. The Balaban J connectivity index is 2.07. The average Bonchev–Trinajstić information content (AvgIpc) is 2.94. The number of methoxy groups -OCH3 is 2. The van der Waals surface area contributed by atoms with Crippen molar-refractivity contribution in [3.05, 3.63) is 46.9 Å². The first kappa shape index (κ1) is 18.7. The number of aliphatic imine (C=N–C) groups is 1. The highest BCUT2D eigenvalue weighted by atomic mass is 16.5. The van der Waals surface area contributed by atoms with Crippen LogP contribution in [0, 0.1) is 13.8 Å². The first-order chi connectivity index (χ1) is 12.0. The van der Waals surface area contributed by atoms with Crippen LogP contribution in [0.2, 0.25) is 0 Å². The van der Waals surface area contributed by atoms with Crippen molar-refractivity contribution in [2.45, 2.75) is 33.4 Å². The second-order valence-corrected chi connectivity index (χ2v) is 5.84. The number of rotatable bonds is 6. The highest BCUT2D eigenvalue weighted by Crippen LogP contribution is 2.29. The Morgan fingerprint density at radius 3 is 2.52 bits per heavy atom. The van der Waals surface area contributed by atoms with Crippen molar-refractivity contribution in [1.82, 2.24) is 10.6 Å². The van der Waals surface area contributed by atoms with Gasteiger partial charge in [-0.05, 0) is 45.0 Å². The van der Waals surface area contributed by atoms with E-state index < -0.39 is 0 Å². The molecule has 2 N–H and O–H groups in total. The first-order valence-electron chi connectivity index (χ1n) is 8.23. The molecule has 2 rings (SSSR count). The average molecular weight is 345 g/mol. The van der Waals surface area contributed by atoms with Crippen LogP contribution < -0.4 is 20.1 Å². The fourth-order valence-electron chi connectivity index (χ4n) is 2.69. The number of benzene rings is 1. The van der Waals surface area contributed by atoms with E-state index in [4.69, 9.17) is 13.9 Å². The number of hydrogen-bond donors (Lipinski definition) is 2. The van der Waals surface area contributed by atoms with Gasteiger partial charge in [0.05, 0.1) is 20.3 Å². The molecule has 1 heterocycles. The Kier molecular flexibility index (Phi) is 6.33. The van der Waals surface area contributed by atoms with Gasteiger partial charge >= 0.3 is 0 Å². The molecule has 6 heteroatoms. The second-order valence-electron chi connectivity index (χ2n) is 5.84. The molecule has 1 aromatic carbocycles. The van der Waals surface area contributed by atoms with Gasteiger partial charge < -0.3 is 24.5 Å². The summed E-state index contributed by atoms with van der Waals surface area (Å²) in [7, 11) is 5.06. The summed E-state index contributed by atoms with van der Waals surface area (Å²) in [6.45, 7) is 6.60. The second kappa shape index (κ2) is 8.46. The molecule has 1 aromatic heterocycles. The summed E-state index contributed by atoms with van der Waals surface area (Å²) in [5, 5.41) is 6.69. The highest BCUT2D eigenvalue weighted by Gasteiger charge is 2.14. The molecule has 1 unspecified atom stereocenters. The molecule has 2 aromatic rings. The molecule has 25 heavy (non-hydrogen) atoms. The zero-order valence-corrected chi connectivity index (χ0v) is 15.8. The smallest absolute Gasteiger partial charge is 0.191 e. The molecule has 0 aliphatic carbocycles. The van der Waals surface area contributed by atoms with Crippen molar-refractivity contribution < 1.29 is 13.9 Å². The van der Waals surface area contributed by atoms with Crippen molar-refractivity contribution in [3.63, 3.8) is 0 Å². The summed E-state index contributed by atoms with van der Waals surface area (Å²) in [6.07, 6.45) is 0. The molecule has 0 saturated carbocycles. The Labute approximate surface area is 149 Å². The summed E-state index contributed by atoms with van der Waals surface area (Å²) >= 11 is 0. The highest BCUT2D eigenvalue weighted by molar-refractivity contribution is 5.80. The lowest BCUT2D eigenvalue weighted by molar-refractivity contribution is 0.394. The Morgan fingerprint density at radius 1 is 1.20 bits per heavy atom. The van der Waals surface area contributed by atoms with Crippen LogP contribution in [0.15, 0.2) is 33.7 Å². The molecule has 0 bridgehead atoms. The molecule has 0 spiro atoms. The Morgan fingerprint density at radius 2 is 1.96 bits per heavy atom. The lowest BCUT2D eigenvalue weighted by Gasteiger charge is -2.20. The Bertz CT molecular complexity index is 738. The SMILES string of the molecule is CN=C(NCc1cc(C)oc1C)NC(C)c1cc(OC)ccc1OC. The van der Waals surface area contributed by atoms with E-state index >= 15 is 0 Å². The molecule has 1 atom stereocenters. The minimum absolute atomic E-state index is 0.0107. The van der Waals surface area contributed by atoms with E-state index in [0.717, 1.165) is 34.1 Å². The fourth-order valence-corrected chi connectivity index (χ4v) is 2.69. The number of guanidine groups is 1. The van der Waals surface area contributed by atoms with E-state index in [1.54, 1.807) is 21.3 Å². The van der Waals surface area contributed by atoms with E-state index in [0.29, 0.717) is 12.5 Å². The van der Waals surface area contributed by atoms with E-state index in [-0.39, 0.29) is 6.04 Å². The maximum absolute atomic E-state index is 5.56. The summed E-state index contributed by atoms with van der Waals surface area (Å²) < 4.78 is 16.3. The molecular weight excluding hydrogens is 318 g/mol. The minimum atomic E-state index is -0.0107. The van der Waals surface area contributed by atoms with Crippen molar-refractivity contribution >= 4 is 5.96 Å². The third kappa shape index (κ3) is 4.68. The predicted octanol–water partition coefficient (Wildman–Crippen LogP) is 3.34. The van der Waals surface area contributed by atoms with Crippen LogP contribution in [-0.2, 0) is 6.54 Å². The van der Waals surface area contributed by atoms with Gasteiger partial charge in [0.25, 0.3) is 0 Å². The van der Waals surface area contributed by atoms with Crippen LogP contribution in [0.5, 0.6) is 11.5 Å². The molecule has 136 valence electrons. The standard InChI is InChI=1S/C19H27N3O3/c1-12-9-15(14(3)25-12)11-21-19(20-4)22-13(2)17-10-16(23-5)7-8-18(17)24-6/h7-10,13H,11H2,1-6H3,(H2,20,21,22). The number of hydrogen-bond acceptors (Lipinski definition) is 4. The molecule has 0 amide bonds. The summed E-state index contributed by atoms with van der Waals surface area (Å²) in [6, 6.07) is 7.77. The van der Waals surface area contributed by atoms with Gasteiger partial charge in [0.1, 0.15) is 23.0 Å². The third-order valence-electron chi connectivity index (χ3n) is 4.07. The number of nitrogens with zero attached hydrogens (tertiary/aromatic N) is 1. The predicted molar refractivity (Wildman–Crippen MR) is 99.5 cm³/mol. The van der Waals surface area contributed by atoms with Crippen LogP contribution in [0.25, 0.3) is 0 Å². The largest absolute Gasteiger partial charge is 0.497 e. The zero-order chi connectivity index (χ0) is 18.4. The first-order valence-corrected chi connectivity index (χ1v) is 8.23. The molecule has 0 aliphatic rings. The quantitative estimate of drug-likeness (QED) is 0.621. The number of nitrogens with one attached hydrogen (secondary N) is 2. The third-order valence-corrected chi connectivity index (χ3v) is 4.07. The lowest BCUT2D eigenvalue weighted by Crippen LogP contribution is -2.38. The van der Waals surface area contributed by atoms with Crippen molar-refractivity contribution in [1.29, 1.82) is 0 Å². The minimum Gasteiger partial charge on any atom is -0.497 e. The van der Waals surface area contributed by atoms with E-state index in [1.165, 1.54) is 0 Å². The molecule has 0 fully saturated rings. The monoisotopic (exact) mass is 345 g/mol. The van der Waals surface area contributed by atoms with Gasteiger partial charge in [-0.15, -0.1) is 0 Å². The molecule has 0 saturated heterocycles. The van der Waals surface area contributed by atoms with Crippen molar-refractivity contribution in [3.8, 4) is 11.5 Å². The van der Waals surface area contributed by atoms with Crippen LogP contribution in [0.1, 0.15) is 35.6 Å². The van der Waals surface area contributed by atoms with Crippen LogP contribution in [0.3, 0.4) is 0 Å². The zero-order valence-electron chi connectivity index (χ0n) is 15.8. The van der Waals surface area contributed by atoms with Crippen LogP contribution in [0.4, 0.5) is 0 Å². The summed E-state index contributed by atoms with van der Waals surface area (Å²) in [4.78, 5) is 4.29. The van der Waals surface area contributed by atoms with Gasteiger partial charge in [0.2, 0.25) is 0 Å². The van der Waals surface area contributed by atoms with Gasteiger partial charge in [-0.2, -0.15) is 0 Å². The Hall–Kier alpha value is -2.63. The normalized spacial score (nSPS) is 12.6. The van der Waals surface area contributed by atoms with Crippen LogP contribution in [-0.4, -0.2) is 27.2 Å². The maximum atomic E-state index is 5.56. The fraction of sp³-hybridized carbons (Fsp3) is 0.421. The lowest BCUT2D eigenvalue weighted by atomic mass is 10.1. The van der Waals surface area contributed by atoms with Gasteiger partial charge in [-0.1, -0.05) is 0 Å². The number of ether oxygens (including phenoxy) is 2. The molecule has 0 aliphatic heterocycles. The van der Waals surface area contributed by atoms with Gasteiger partial charge in [-0.25, -0.2) is 0 Å². The summed E-state index contributed by atoms with van der Waals surface area (Å²) in [5.41, 5.74) is 2.12. The van der Waals surface area contributed by atoms with Crippen molar-refractivity contribution in [2.24, 2.45) is 4.99 Å². The molecule has 6 nitrogen and oxygen atoms in total. The molecule has 0 radical (unpaired) electrons. The number of furan rings is 1. The van der Waals surface area contributed by atoms with E-state index in [2.05, 4.69) is 22.5 Å². The summed E-state index contributed by atoms with van der Waals surface area (Å²) in [5.74, 6) is 4.12. The number of aryl methyl sites for hydroxylation is 2. The van der Waals surface area contributed by atoms with Gasteiger partial charge in [0, 0.05) is 24.7 Å². The molecular formula is C19H27N3O3. The van der Waals surface area contributed by atoms with E-state index in [9.17, 15) is 0 Å². The van der Waals surface area contributed by atoms with Crippen LogP contribution >= 0.6 is 0 Å². The topological polar surface area (TPSA) is 68.0 Å².